The van der Waals surface area contributed by atoms with Crippen molar-refractivity contribution in [3.8, 4) is 5.75 Å². The second-order valence-corrected chi connectivity index (χ2v) is 5.80. The highest BCUT2D eigenvalue weighted by Gasteiger charge is 2.22. The summed E-state index contributed by atoms with van der Waals surface area (Å²) in [5.74, 6) is 0.664. The van der Waals surface area contributed by atoms with Crippen molar-refractivity contribution in [1.82, 2.24) is 5.32 Å². The molecule has 0 radical (unpaired) electrons. The highest BCUT2D eigenvalue weighted by atomic mass is 16.5. The topological polar surface area (TPSA) is 67.4 Å². The summed E-state index contributed by atoms with van der Waals surface area (Å²) in [7, 11) is 0. The van der Waals surface area contributed by atoms with Gasteiger partial charge in [-0.05, 0) is 43.9 Å². The van der Waals surface area contributed by atoms with Gasteiger partial charge in [-0.25, -0.2) is 0 Å². The average Bonchev–Trinajstić information content (AvgIpc) is 2.54. The second-order valence-electron chi connectivity index (χ2n) is 5.80. The molecule has 3 rings (SSSR count). The van der Waals surface area contributed by atoms with Crippen LogP contribution in [0, 0.1) is 5.92 Å². The molecule has 0 spiro atoms. The molecule has 1 aromatic rings. The van der Waals surface area contributed by atoms with Gasteiger partial charge in [0.05, 0.1) is 11.7 Å². The Kier molecular flexibility index (Phi) is 4.13. The lowest BCUT2D eigenvalue weighted by Gasteiger charge is -2.23. The fraction of sp³-hybridized carbons (Fsp3) is 0.412. The minimum atomic E-state index is -0.157. The summed E-state index contributed by atoms with van der Waals surface area (Å²) < 4.78 is 5.34. The SMILES string of the molecule is C[C@@H](NC(=O)[C@H]1CC=CCC1)c1ccc2c(c1)NC(=O)CO2. The molecule has 1 aliphatic carbocycles. The molecule has 1 aliphatic heterocycles. The van der Waals surface area contributed by atoms with Crippen molar-refractivity contribution in [2.75, 3.05) is 11.9 Å². The molecule has 2 atom stereocenters. The van der Waals surface area contributed by atoms with Crippen LogP contribution in [-0.4, -0.2) is 18.4 Å². The Hall–Kier alpha value is -2.30. The molecular weight excluding hydrogens is 280 g/mol. The summed E-state index contributed by atoms with van der Waals surface area (Å²) in [5, 5.41) is 5.84. The summed E-state index contributed by atoms with van der Waals surface area (Å²) in [5.41, 5.74) is 1.61. The van der Waals surface area contributed by atoms with Gasteiger partial charge < -0.3 is 15.4 Å². The highest BCUT2D eigenvalue weighted by molar-refractivity contribution is 5.95. The third kappa shape index (κ3) is 3.13. The lowest BCUT2D eigenvalue weighted by atomic mass is 9.93. The molecule has 0 saturated heterocycles. The first-order chi connectivity index (χ1) is 10.6. The molecule has 2 N–H and O–H groups in total. The highest BCUT2D eigenvalue weighted by Crippen LogP contribution is 2.30. The normalized spacial score (nSPS) is 21.3. The number of hydrogen-bond acceptors (Lipinski definition) is 3. The maximum absolute atomic E-state index is 12.3. The Bertz CT molecular complexity index is 624. The quantitative estimate of drug-likeness (QED) is 0.843. The van der Waals surface area contributed by atoms with E-state index < -0.39 is 0 Å². The van der Waals surface area contributed by atoms with Crippen molar-refractivity contribution < 1.29 is 14.3 Å². The zero-order chi connectivity index (χ0) is 15.5. The van der Waals surface area contributed by atoms with Crippen LogP contribution in [0.4, 0.5) is 5.69 Å². The van der Waals surface area contributed by atoms with Crippen LogP contribution in [0.5, 0.6) is 5.75 Å². The Labute approximate surface area is 129 Å². The molecule has 5 nitrogen and oxygen atoms in total. The van der Waals surface area contributed by atoms with Crippen molar-refractivity contribution in [2.45, 2.75) is 32.2 Å². The van der Waals surface area contributed by atoms with Crippen molar-refractivity contribution in [3.63, 3.8) is 0 Å². The Balaban J connectivity index is 1.68. The second kappa shape index (κ2) is 6.22. The standard InChI is InChI=1S/C17H20N2O3/c1-11(18-17(21)12-5-3-2-4-6-12)13-7-8-15-14(9-13)19-16(20)10-22-15/h2-3,7-9,11-12H,4-6,10H2,1H3,(H,18,21)(H,19,20)/t11-,12+/m1/s1. The number of fused-ring (bicyclic) bond motifs is 1. The molecule has 1 heterocycles. The Morgan fingerprint density at radius 3 is 3.05 bits per heavy atom. The van der Waals surface area contributed by atoms with E-state index in [1.54, 1.807) is 0 Å². The van der Waals surface area contributed by atoms with Crippen LogP contribution in [0.3, 0.4) is 0 Å². The van der Waals surface area contributed by atoms with Gasteiger partial charge in [0.1, 0.15) is 5.75 Å². The van der Waals surface area contributed by atoms with Gasteiger partial charge in [-0.2, -0.15) is 0 Å². The summed E-state index contributed by atoms with van der Waals surface area (Å²) in [6, 6.07) is 5.50. The van der Waals surface area contributed by atoms with Crippen molar-refractivity contribution in [3.05, 3.63) is 35.9 Å². The number of nitrogens with one attached hydrogen (secondary N) is 2. The Morgan fingerprint density at radius 2 is 2.27 bits per heavy atom. The minimum Gasteiger partial charge on any atom is -0.482 e. The van der Waals surface area contributed by atoms with Gasteiger partial charge in [-0.15, -0.1) is 0 Å². The van der Waals surface area contributed by atoms with E-state index in [1.165, 1.54) is 0 Å². The average molecular weight is 300 g/mol. The first kappa shape index (κ1) is 14.6. The Morgan fingerprint density at radius 1 is 1.41 bits per heavy atom. The maximum Gasteiger partial charge on any atom is 0.262 e. The van der Waals surface area contributed by atoms with Gasteiger partial charge in [0.25, 0.3) is 5.91 Å². The van der Waals surface area contributed by atoms with E-state index >= 15 is 0 Å². The van der Waals surface area contributed by atoms with Crippen LogP contribution in [0.15, 0.2) is 30.4 Å². The third-order valence-corrected chi connectivity index (χ3v) is 4.14. The summed E-state index contributed by atoms with van der Waals surface area (Å²) in [4.78, 5) is 23.7. The van der Waals surface area contributed by atoms with Gasteiger partial charge in [-0.3, -0.25) is 9.59 Å². The van der Waals surface area contributed by atoms with E-state index in [-0.39, 0.29) is 30.4 Å². The fourth-order valence-electron chi connectivity index (χ4n) is 2.82. The molecule has 0 bridgehead atoms. The van der Waals surface area contributed by atoms with E-state index in [9.17, 15) is 9.59 Å². The molecule has 116 valence electrons. The van der Waals surface area contributed by atoms with Gasteiger partial charge in [0, 0.05) is 5.92 Å². The lowest BCUT2D eigenvalue weighted by molar-refractivity contribution is -0.126. The molecule has 0 aromatic heterocycles. The number of carbonyl (C=O) groups is 2. The molecule has 0 fully saturated rings. The molecule has 1 aromatic carbocycles. The van der Waals surface area contributed by atoms with Crippen molar-refractivity contribution in [2.24, 2.45) is 5.92 Å². The lowest BCUT2D eigenvalue weighted by Crippen LogP contribution is -2.33. The van der Waals surface area contributed by atoms with Crippen LogP contribution in [0.25, 0.3) is 0 Å². The number of rotatable bonds is 3. The molecular formula is C17H20N2O3. The molecule has 0 saturated carbocycles. The zero-order valence-corrected chi connectivity index (χ0v) is 12.6. The van der Waals surface area contributed by atoms with E-state index in [2.05, 4.69) is 22.8 Å². The summed E-state index contributed by atoms with van der Waals surface area (Å²) in [6.07, 6.45) is 6.88. The van der Waals surface area contributed by atoms with Crippen LogP contribution in [0.2, 0.25) is 0 Å². The van der Waals surface area contributed by atoms with Crippen LogP contribution in [-0.2, 0) is 9.59 Å². The number of hydrogen-bond donors (Lipinski definition) is 2. The van der Waals surface area contributed by atoms with E-state index in [1.807, 2.05) is 25.1 Å². The third-order valence-electron chi connectivity index (χ3n) is 4.14. The van der Waals surface area contributed by atoms with E-state index in [4.69, 9.17) is 4.74 Å². The van der Waals surface area contributed by atoms with Gasteiger partial charge in [0.2, 0.25) is 5.91 Å². The maximum atomic E-state index is 12.3. The van der Waals surface area contributed by atoms with Crippen molar-refractivity contribution in [1.29, 1.82) is 0 Å². The minimum absolute atomic E-state index is 0.0494. The van der Waals surface area contributed by atoms with Crippen LogP contribution >= 0.6 is 0 Å². The number of benzene rings is 1. The predicted molar refractivity (Wildman–Crippen MR) is 83.6 cm³/mol. The molecule has 2 aliphatic rings. The van der Waals surface area contributed by atoms with Crippen molar-refractivity contribution >= 4 is 17.5 Å². The van der Waals surface area contributed by atoms with Gasteiger partial charge in [-0.1, -0.05) is 18.2 Å². The largest absolute Gasteiger partial charge is 0.482 e. The molecule has 22 heavy (non-hydrogen) atoms. The summed E-state index contributed by atoms with van der Waals surface area (Å²) >= 11 is 0. The van der Waals surface area contributed by atoms with E-state index in [0.717, 1.165) is 24.8 Å². The number of ether oxygens (including phenoxy) is 1. The van der Waals surface area contributed by atoms with Crippen LogP contribution < -0.4 is 15.4 Å². The molecule has 0 unspecified atom stereocenters. The molecule has 2 amide bonds. The predicted octanol–water partition coefficient (Wildman–Crippen LogP) is 2.55. The van der Waals surface area contributed by atoms with Crippen LogP contribution in [0.1, 0.15) is 37.8 Å². The van der Waals surface area contributed by atoms with E-state index in [0.29, 0.717) is 11.4 Å². The number of carbonyl (C=O) groups excluding carboxylic acids is 2. The van der Waals surface area contributed by atoms with Gasteiger partial charge >= 0.3 is 0 Å². The number of amides is 2. The molecule has 5 heteroatoms. The first-order valence-electron chi connectivity index (χ1n) is 7.65. The summed E-state index contributed by atoms with van der Waals surface area (Å²) in [6.45, 7) is 2.00. The monoisotopic (exact) mass is 300 g/mol. The fourth-order valence-corrected chi connectivity index (χ4v) is 2.82. The first-order valence-corrected chi connectivity index (χ1v) is 7.65. The number of allylic oxidation sites excluding steroid dienone is 2. The smallest absolute Gasteiger partial charge is 0.262 e. The number of anilines is 1. The van der Waals surface area contributed by atoms with Gasteiger partial charge in [0.15, 0.2) is 6.61 Å². The zero-order valence-electron chi connectivity index (χ0n) is 12.6.